The smallest absolute Gasteiger partial charge is 0.269 e. The zero-order valence-electron chi connectivity index (χ0n) is 13.9. The summed E-state index contributed by atoms with van der Waals surface area (Å²) in [5.74, 6) is -0.138. The molecule has 130 valence electrons. The summed E-state index contributed by atoms with van der Waals surface area (Å²) in [4.78, 5) is 13.3. The number of thiophene rings is 1. The van der Waals surface area contributed by atoms with E-state index < -0.39 is 5.82 Å². The summed E-state index contributed by atoms with van der Waals surface area (Å²) in [5.41, 5.74) is 1.27. The van der Waals surface area contributed by atoms with Crippen molar-refractivity contribution in [1.82, 2.24) is 15.5 Å². The molecule has 0 aliphatic heterocycles. The summed E-state index contributed by atoms with van der Waals surface area (Å²) < 4.78 is 19.3. The van der Waals surface area contributed by atoms with Gasteiger partial charge in [0.2, 0.25) is 0 Å². The number of aromatic amines is 1. The van der Waals surface area contributed by atoms with Crippen LogP contribution in [0.15, 0.2) is 41.8 Å². The minimum atomic E-state index is -0.391. The molecule has 0 unspecified atom stereocenters. The van der Waals surface area contributed by atoms with Crippen LogP contribution in [-0.4, -0.2) is 22.2 Å². The number of H-pyrrole nitrogens is 1. The maximum absolute atomic E-state index is 13.6. The Morgan fingerprint density at radius 2 is 2.20 bits per heavy atom. The number of hydrogen-bond acceptors (Lipinski definition) is 4. The maximum atomic E-state index is 13.6. The fourth-order valence-corrected chi connectivity index (χ4v) is 2.96. The number of nitrogens with zero attached hydrogens (tertiary/aromatic N) is 1. The number of benzene rings is 1. The van der Waals surface area contributed by atoms with E-state index in [-0.39, 0.29) is 12.0 Å². The third-order valence-electron chi connectivity index (χ3n) is 3.41. The molecule has 0 radical (unpaired) electrons. The van der Waals surface area contributed by atoms with Gasteiger partial charge in [0.1, 0.15) is 17.3 Å². The molecule has 7 heteroatoms. The van der Waals surface area contributed by atoms with E-state index in [1.807, 2.05) is 31.4 Å². The predicted octanol–water partition coefficient (Wildman–Crippen LogP) is 3.99. The Bertz CT molecular complexity index is 859. The Morgan fingerprint density at radius 1 is 1.36 bits per heavy atom. The number of rotatable bonds is 6. The standard InChI is InChI=1S/C18H18FN3O2S/c1-11(2)24-17-6-5-12(19)8-14(17)15-9-16(22-21-15)18(23)20-10-13-4-3-7-25-13/h3-9,11H,10H2,1-2H3,(H,20,23)(H,21,22). The highest BCUT2D eigenvalue weighted by atomic mass is 32.1. The quantitative estimate of drug-likeness (QED) is 0.699. The number of amides is 1. The molecule has 25 heavy (non-hydrogen) atoms. The van der Waals surface area contributed by atoms with Crippen LogP contribution in [-0.2, 0) is 6.54 Å². The molecular formula is C18H18FN3O2S. The normalized spacial score (nSPS) is 10.9. The first kappa shape index (κ1) is 17.2. The number of carbonyl (C=O) groups is 1. The van der Waals surface area contributed by atoms with Gasteiger partial charge in [0.25, 0.3) is 5.91 Å². The molecule has 0 aliphatic carbocycles. The van der Waals surface area contributed by atoms with Crippen LogP contribution in [0.25, 0.3) is 11.3 Å². The van der Waals surface area contributed by atoms with Crippen molar-refractivity contribution in [2.75, 3.05) is 0 Å². The fourth-order valence-electron chi connectivity index (χ4n) is 2.31. The lowest BCUT2D eigenvalue weighted by Crippen LogP contribution is -2.22. The average Bonchev–Trinajstić information content (AvgIpc) is 3.25. The van der Waals surface area contributed by atoms with Gasteiger partial charge in [-0.15, -0.1) is 11.3 Å². The molecule has 3 rings (SSSR count). The Kier molecular flexibility index (Phi) is 5.14. The van der Waals surface area contributed by atoms with Crippen molar-refractivity contribution in [2.24, 2.45) is 0 Å². The summed E-state index contributed by atoms with van der Waals surface area (Å²) in [7, 11) is 0. The summed E-state index contributed by atoms with van der Waals surface area (Å²) >= 11 is 1.57. The van der Waals surface area contributed by atoms with E-state index in [1.165, 1.54) is 12.1 Å². The van der Waals surface area contributed by atoms with Crippen molar-refractivity contribution >= 4 is 17.2 Å². The van der Waals surface area contributed by atoms with E-state index in [0.717, 1.165) is 4.88 Å². The van der Waals surface area contributed by atoms with Gasteiger partial charge in [0.15, 0.2) is 0 Å². The van der Waals surface area contributed by atoms with Gasteiger partial charge in [-0.2, -0.15) is 5.10 Å². The molecule has 0 bridgehead atoms. The van der Waals surface area contributed by atoms with Crippen molar-refractivity contribution in [1.29, 1.82) is 0 Å². The van der Waals surface area contributed by atoms with E-state index >= 15 is 0 Å². The van der Waals surface area contributed by atoms with Crippen LogP contribution in [0.5, 0.6) is 5.75 Å². The monoisotopic (exact) mass is 359 g/mol. The van der Waals surface area contributed by atoms with Gasteiger partial charge in [-0.1, -0.05) is 6.07 Å². The van der Waals surface area contributed by atoms with Crippen molar-refractivity contribution in [3.8, 4) is 17.0 Å². The molecule has 2 heterocycles. The second-order valence-corrected chi connectivity index (χ2v) is 6.77. The highest BCUT2D eigenvalue weighted by Crippen LogP contribution is 2.30. The van der Waals surface area contributed by atoms with Crippen LogP contribution in [0.3, 0.4) is 0 Å². The molecule has 5 nitrogen and oxygen atoms in total. The SMILES string of the molecule is CC(C)Oc1ccc(F)cc1-c1cc(C(=O)NCc2cccs2)[nH]n1. The summed E-state index contributed by atoms with van der Waals surface area (Å²) in [5, 5.41) is 11.6. The lowest BCUT2D eigenvalue weighted by Gasteiger charge is -2.13. The number of ether oxygens (including phenoxy) is 1. The fraction of sp³-hybridized carbons (Fsp3) is 0.222. The van der Waals surface area contributed by atoms with Crippen molar-refractivity contribution < 1.29 is 13.9 Å². The van der Waals surface area contributed by atoms with Gasteiger partial charge in [0, 0.05) is 10.4 Å². The molecule has 0 spiro atoms. The lowest BCUT2D eigenvalue weighted by atomic mass is 10.1. The minimum absolute atomic E-state index is 0.0586. The third kappa shape index (κ3) is 4.24. The van der Waals surface area contributed by atoms with E-state index in [2.05, 4.69) is 15.5 Å². The van der Waals surface area contributed by atoms with Crippen molar-refractivity contribution in [2.45, 2.75) is 26.5 Å². The maximum Gasteiger partial charge on any atom is 0.269 e. The molecule has 0 aliphatic rings. The first-order chi connectivity index (χ1) is 12.0. The van der Waals surface area contributed by atoms with Crippen LogP contribution in [0.1, 0.15) is 29.2 Å². The van der Waals surface area contributed by atoms with Gasteiger partial charge < -0.3 is 10.1 Å². The molecule has 2 N–H and O–H groups in total. The zero-order chi connectivity index (χ0) is 17.8. The van der Waals surface area contributed by atoms with Crippen LogP contribution < -0.4 is 10.1 Å². The molecule has 0 fully saturated rings. The molecule has 3 aromatic rings. The van der Waals surface area contributed by atoms with Crippen LogP contribution in [0, 0.1) is 5.82 Å². The van der Waals surface area contributed by atoms with Crippen LogP contribution in [0.2, 0.25) is 0 Å². The Morgan fingerprint density at radius 3 is 2.92 bits per heavy atom. The number of aromatic nitrogens is 2. The van der Waals surface area contributed by atoms with Crippen molar-refractivity contribution in [3.63, 3.8) is 0 Å². The molecule has 0 atom stereocenters. The number of halogens is 1. The van der Waals surface area contributed by atoms with Gasteiger partial charge in [0.05, 0.1) is 18.3 Å². The second-order valence-electron chi connectivity index (χ2n) is 5.74. The molecule has 1 aromatic carbocycles. The number of carbonyl (C=O) groups excluding carboxylic acids is 1. The summed E-state index contributed by atoms with van der Waals surface area (Å²) in [6.45, 7) is 4.23. The highest BCUT2D eigenvalue weighted by molar-refractivity contribution is 7.09. The Balaban J connectivity index is 1.79. The molecule has 2 aromatic heterocycles. The zero-order valence-corrected chi connectivity index (χ0v) is 14.7. The Hall–Kier alpha value is -2.67. The minimum Gasteiger partial charge on any atom is -0.490 e. The van der Waals surface area contributed by atoms with Crippen molar-refractivity contribution in [3.05, 3.63) is 58.2 Å². The van der Waals surface area contributed by atoms with E-state index in [4.69, 9.17) is 4.74 Å². The average molecular weight is 359 g/mol. The molecule has 1 amide bonds. The summed E-state index contributed by atoms with van der Waals surface area (Å²) in [6.07, 6.45) is -0.0586. The Labute approximate surface area is 148 Å². The highest BCUT2D eigenvalue weighted by Gasteiger charge is 2.15. The lowest BCUT2D eigenvalue weighted by molar-refractivity contribution is 0.0946. The predicted molar refractivity (Wildman–Crippen MR) is 95.2 cm³/mol. The number of hydrogen-bond donors (Lipinski definition) is 2. The second kappa shape index (κ2) is 7.48. The third-order valence-corrected chi connectivity index (χ3v) is 4.28. The largest absolute Gasteiger partial charge is 0.490 e. The van der Waals surface area contributed by atoms with Crippen LogP contribution in [0.4, 0.5) is 4.39 Å². The van der Waals surface area contributed by atoms with Gasteiger partial charge in [-0.3, -0.25) is 9.89 Å². The van der Waals surface area contributed by atoms with Gasteiger partial charge in [-0.25, -0.2) is 4.39 Å². The van der Waals surface area contributed by atoms with Crippen LogP contribution >= 0.6 is 11.3 Å². The van der Waals surface area contributed by atoms with E-state index in [1.54, 1.807) is 23.5 Å². The molecule has 0 saturated heterocycles. The molecule has 0 saturated carbocycles. The molecular weight excluding hydrogens is 341 g/mol. The van der Waals surface area contributed by atoms with E-state index in [0.29, 0.717) is 29.2 Å². The first-order valence-corrected chi connectivity index (χ1v) is 8.73. The van der Waals surface area contributed by atoms with E-state index in [9.17, 15) is 9.18 Å². The summed E-state index contributed by atoms with van der Waals surface area (Å²) in [6, 6.07) is 9.72. The topological polar surface area (TPSA) is 67.0 Å². The first-order valence-electron chi connectivity index (χ1n) is 7.85. The van der Waals surface area contributed by atoms with Gasteiger partial charge >= 0.3 is 0 Å². The number of nitrogens with one attached hydrogen (secondary N) is 2. The van der Waals surface area contributed by atoms with Gasteiger partial charge in [-0.05, 0) is 49.6 Å².